The summed E-state index contributed by atoms with van der Waals surface area (Å²) in [6.45, 7) is 4.87. The van der Waals surface area contributed by atoms with Gasteiger partial charge in [0.25, 0.3) is 5.91 Å². The summed E-state index contributed by atoms with van der Waals surface area (Å²) in [5.41, 5.74) is 0. The van der Waals surface area contributed by atoms with E-state index >= 15 is 0 Å². The Labute approximate surface area is 151 Å². The summed E-state index contributed by atoms with van der Waals surface area (Å²) >= 11 is 1.41. The summed E-state index contributed by atoms with van der Waals surface area (Å²) in [5, 5.41) is 7.49. The van der Waals surface area contributed by atoms with E-state index in [1.54, 1.807) is 11.0 Å². The molecule has 1 aromatic heterocycles. The minimum absolute atomic E-state index is 0.0390. The molecule has 2 N–H and O–H groups in total. The van der Waals surface area contributed by atoms with Crippen LogP contribution in [0.2, 0.25) is 0 Å². The van der Waals surface area contributed by atoms with Crippen LogP contribution in [0.1, 0.15) is 36.4 Å². The fraction of sp³-hybridized carbons (Fsp3) is 0.588. The Morgan fingerprint density at radius 2 is 1.96 bits per heavy atom. The topological polar surface area (TPSA) is 87.7 Å². The van der Waals surface area contributed by atoms with Gasteiger partial charge in [0, 0.05) is 19.1 Å². The number of carbonyl (C=O) groups is 3. The molecule has 1 saturated heterocycles. The molecule has 0 radical (unpaired) electrons. The number of alkyl carbamates (subject to hydrolysis) is 1. The lowest BCUT2D eigenvalue weighted by Gasteiger charge is -2.35. The maximum absolute atomic E-state index is 12.7. The van der Waals surface area contributed by atoms with Crippen LogP contribution in [0, 0.1) is 5.92 Å². The molecule has 1 unspecified atom stereocenters. The van der Waals surface area contributed by atoms with Gasteiger partial charge in [-0.15, -0.1) is 11.3 Å². The lowest BCUT2D eigenvalue weighted by Crippen LogP contribution is -2.54. The van der Waals surface area contributed by atoms with Crippen molar-refractivity contribution in [3.05, 3.63) is 22.4 Å². The van der Waals surface area contributed by atoms with Gasteiger partial charge in [0.2, 0.25) is 5.91 Å². The summed E-state index contributed by atoms with van der Waals surface area (Å²) in [6, 6.07) is 3.10. The third kappa shape index (κ3) is 5.19. The molecule has 8 heteroatoms. The third-order valence-electron chi connectivity index (χ3n) is 4.28. The number of thiophene rings is 1. The number of likely N-dealkylation sites (tertiary alicyclic amines) is 1. The van der Waals surface area contributed by atoms with Gasteiger partial charge >= 0.3 is 6.09 Å². The van der Waals surface area contributed by atoms with Crippen molar-refractivity contribution in [1.82, 2.24) is 15.5 Å². The number of hydrogen-bond donors (Lipinski definition) is 2. The highest BCUT2D eigenvalue weighted by molar-refractivity contribution is 7.12. The van der Waals surface area contributed by atoms with E-state index in [-0.39, 0.29) is 23.8 Å². The van der Waals surface area contributed by atoms with Gasteiger partial charge in [0.05, 0.1) is 12.0 Å². The van der Waals surface area contributed by atoms with E-state index in [2.05, 4.69) is 15.4 Å². The zero-order valence-electron chi connectivity index (χ0n) is 14.8. The summed E-state index contributed by atoms with van der Waals surface area (Å²) in [4.78, 5) is 38.7. The van der Waals surface area contributed by atoms with E-state index in [0.717, 1.165) is 0 Å². The summed E-state index contributed by atoms with van der Waals surface area (Å²) in [6.07, 6.45) is 0.794. The largest absolute Gasteiger partial charge is 0.453 e. The van der Waals surface area contributed by atoms with Gasteiger partial charge in [-0.25, -0.2) is 4.79 Å². The van der Waals surface area contributed by atoms with Gasteiger partial charge < -0.3 is 20.3 Å². The van der Waals surface area contributed by atoms with Crippen LogP contribution >= 0.6 is 11.3 Å². The first-order valence-corrected chi connectivity index (χ1v) is 9.28. The smallest absolute Gasteiger partial charge is 0.407 e. The minimum Gasteiger partial charge on any atom is -0.453 e. The average molecular weight is 367 g/mol. The predicted molar refractivity (Wildman–Crippen MR) is 95.6 cm³/mol. The molecule has 1 atom stereocenters. The molecule has 7 nitrogen and oxygen atoms in total. The van der Waals surface area contributed by atoms with Crippen LogP contribution in [0.4, 0.5) is 4.79 Å². The van der Waals surface area contributed by atoms with E-state index < -0.39 is 12.1 Å². The van der Waals surface area contributed by atoms with Crippen molar-refractivity contribution in [1.29, 1.82) is 0 Å². The molecule has 0 bridgehead atoms. The summed E-state index contributed by atoms with van der Waals surface area (Å²) in [7, 11) is 1.28. The molecule has 0 saturated carbocycles. The zero-order chi connectivity index (χ0) is 18.4. The monoisotopic (exact) mass is 367 g/mol. The fourth-order valence-electron chi connectivity index (χ4n) is 2.80. The number of carbonyl (C=O) groups excluding carboxylic acids is 3. The van der Waals surface area contributed by atoms with Crippen molar-refractivity contribution in [3.63, 3.8) is 0 Å². The van der Waals surface area contributed by atoms with Gasteiger partial charge in [0.1, 0.15) is 6.04 Å². The number of piperidine rings is 1. The summed E-state index contributed by atoms with van der Waals surface area (Å²) in [5.74, 6) is -0.210. The third-order valence-corrected chi connectivity index (χ3v) is 5.15. The van der Waals surface area contributed by atoms with E-state index in [1.165, 1.54) is 18.4 Å². The molecule has 0 spiro atoms. The van der Waals surface area contributed by atoms with Crippen LogP contribution in [0.15, 0.2) is 17.5 Å². The van der Waals surface area contributed by atoms with Crippen LogP contribution in [0.5, 0.6) is 0 Å². The number of rotatable bonds is 5. The Morgan fingerprint density at radius 3 is 2.48 bits per heavy atom. The molecule has 0 aromatic carbocycles. The number of hydrogen-bond acceptors (Lipinski definition) is 5. The quantitative estimate of drug-likeness (QED) is 0.831. The zero-order valence-corrected chi connectivity index (χ0v) is 15.6. The fourth-order valence-corrected chi connectivity index (χ4v) is 3.43. The van der Waals surface area contributed by atoms with Crippen molar-refractivity contribution < 1.29 is 19.1 Å². The number of ether oxygens (including phenoxy) is 1. The number of nitrogens with one attached hydrogen (secondary N) is 2. The first-order valence-electron chi connectivity index (χ1n) is 8.40. The Morgan fingerprint density at radius 1 is 1.28 bits per heavy atom. The second-order valence-electron chi connectivity index (χ2n) is 6.41. The Hall–Kier alpha value is -2.09. The highest BCUT2D eigenvalue weighted by atomic mass is 32.1. The predicted octanol–water partition coefficient (Wildman–Crippen LogP) is 1.85. The standard InChI is InChI=1S/C17H25N3O4S/c1-11(2)14(19-17(23)24-3)16(22)20-8-6-12(7-9-20)18-15(21)13-5-4-10-25-13/h4-5,10-12,14H,6-9H2,1-3H3,(H,18,21)(H,19,23). The SMILES string of the molecule is COC(=O)NC(C(=O)N1CCC(NC(=O)c2cccs2)CC1)C(C)C. The molecule has 1 aliphatic heterocycles. The highest BCUT2D eigenvalue weighted by Crippen LogP contribution is 2.16. The van der Waals surface area contributed by atoms with Gasteiger partial charge in [0.15, 0.2) is 0 Å². The second kappa shape index (κ2) is 8.84. The molecular weight excluding hydrogens is 342 g/mol. The van der Waals surface area contributed by atoms with Crippen molar-refractivity contribution >= 4 is 29.2 Å². The van der Waals surface area contributed by atoms with E-state index in [9.17, 15) is 14.4 Å². The molecule has 1 aliphatic rings. The van der Waals surface area contributed by atoms with Crippen LogP contribution in [-0.2, 0) is 9.53 Å². The molecule has 138 valence electrons. The number of amides is 3. The first kappa shape index (κ1) is 19.2. The maximum Gasteiger partial charge on any atom is 0.407 e. The maximum atomic E-state index is 12.7. The average Bonchev–Trinajstić information content (AvgIpc) is 3.14. The van der Waals surface area contributed by atoms with E-state index in [4.69, 9.17) is 0 Å². The Kier molecular flexibility index (Phi) is 6.81. The van der Waals surface area contributed by atoms with E-state index in [1.807, 2.05) is 25.3 Å². The molecule has 25 heavy (non-hydrogen) atoms. The van der Waals surface area contributed by atoms with Crippen LogP contribution in [-0.4, -0.2) is 55.1 Å². The lowest BCUT2D eigenvalue weighted by atomic mass is 9.99. The van der Waals surface area contributed by atoms with Crippen LogP contribution in [0.25, 0.3) is 0 Å². The van der Waals surface area contributed by atoms with Gasteiger partial charge in [-0.05, 0) is 30.2 Å². The molecule has 3 amide bonds. The van der Waals surface area contributed by atoms with Gasteiger partial charge in [-0.2, -0.15) is 0 Å². The van der Waals surface area contributed by atoms with Crippen LogP contribution in [0.3, 0.4) is 0 Å². The Balaban J connectivity index is 1.86. The van der Waals surface area contributed by atoms with Crippen molar-refractivity contribution in [2.24, 2.45) is 5.92 Å². The second-order valence-corrected chi connectivity index (χ2v) is 7.36. The lowest BCUT2D eigenvalue weighted by molar-refractivity contribution is -0.135. The molecule has 2 rings (SSSR count). The number of methoxy groups -OCH3 is 1. The highest BCUT2D eigenvalue weighted by Gasteiger charge is 2.31. The van der Waals surface area contributed by atoms with Gasteiger partial charge in [-0.3, -0.25) is 9.59 Å². The van der Waals surface area contributed by atoms with Crippen molar-refractivity contribution in [3.8, 4) is 0 Å². The summed E-state index contributed by atoms with van der Waals surface area (Å²) < 4.78 is 4.60. The first-order chi connectivity index (χ1) is 11.9. The molecule has 2 heterocycles. The van der Waals surface area contributed by atoms with Crippen molar-refractivity contribution in [2.45, 2.75) is 38.8 Å². The normalized spacial score (nSPS) is 16.4. The molecule has 0 aliphatic carbocycles. The van der Waals surface area contributed by atoms with Gasteiger partial charge in [-0.1, -0.05) is 19.9 Å². The minimum atomic E-state index is -0.607. The molecular formula is C17H25N3O4S. The Bertz CT molecular complexity index is 595. The van der Waals surface area contributed by atoms with E-state index in [0.29, 0.717) is 30.8 Å². The molecule has 1 aromatic rings. The number of nitrogens with zero attached hydrogens (tertiary/aromatic N) is 1. The van der Waals surface area contributed by atoms with Crippen molar-refractivity contribution in [2.75, 3.05) is 20.2 Å². The van der Waals surface area contributed by atoms with Crippen LogP contribution < -0.4 is 10.6 Å². The molecule has 1 fully saturated rings.